The Morgan fingerprint density at radius 1 is 1.40 bits per heavy atom. The van der Waals surface area contributed by atoms with Gasteiger partial charge in [-0.1, -0.05) is 0 Å². The molecular weight excluding hydrogens is 132 g/mol. The highest BCUT2D eigenvalue weighted by Crippen LogP contribution is 2.06. The normalized spacial score (nSPS) is 10.4. The second kappa shape index (κ2) is 1.66. The minimum atomic E-state index is 0.153. The first kappa shape index (κ1) is 5.16. The van der Waals surface area contributed by atoms with E-state index in [4.69, 9.17) is 5.11 Å². The van der Waals surface area contributed by atoms with Crippen molar-refractivity contribution in [1.29, 1.82) is 0 Å². The topological polar surface area (TPSA) is 63.3 Å². The molecule has 5 nitrogen and oxygen atoms in total. The molecule has 50 valence electrons. The molecule has 0 radical (unpaired) electrons. The van der Waals surface area contributed by atoms with Gasteiger partial charge >= 0.3 is 0 Å². The summed E-state index contributed by atoms with van der Waals surface area (Å²) < 4.78 is 1.40. The molecule has 0 saturated carbocycles. The molecule has 1 N–H and O–H groups in total. The third kappa shape index (κ3) is 0.604. The Balaban J connectivity index is 2.86. The number of fused-ring (bicyclic) bond motifs is 1. The van der Waals surface area contributed by atoms with Gasteiger partial charge in [-0.3, -0.25) is 0 Å². The molecule has 0 aromatic carbocycles. The van der Waals surface area contributed by atoms with E-state index >= 15 is 0 Å². The fourth-order valence-corrected chi connectivity index (χ4v) is 0.730. The minimum Gasteiger partial charge on any atom is -0.506 e. The smallest absolute Gasteiger partial charge is 0.179 e. The van der Waals surface area contributed by atoms with Crippen LogP contribution in [0.1, 0.15) is 0 Å². The highest BCUT2D eigenvalue weighted by atomic mass is 16.3. The van der Waals surface area contributed by atoms with E-state index in [1.165, 1.54) is 16.8 Å². The van der Waals surface area contributed by atoms with Crippen molar-refractivity contribution >= 4 is 5.65 Å². The molecule has 0 amide bonds. The summed E-state index contributed by atoms with van der Waals surface area (Å²) in [7, 11) is 0. The zero-order chi connectivity index (χ0) is 6.97. The summed E-state index contributed by atoms with van der Waals surface area (Å²) in [6.45, 7) is 0. The zero-order valence-electron chi connectivity index (χ0n) is 4.97. The summed E-state index contributed by atoms with van der Waals surface area (Å²) in [4.78, 5) is 0. The van der Waals surface area contributed by atoms with E-state index in [0.717, 1.165) is 0 Å². The van der Waals surface area contributed by atoms with Crippen molar-refractivity contribution in [2.24, 2.45) is 0 Å². The van der Waals surface area contributed by atoms with Crippen molar-refractivity contribution in [1.82, 2.24) is 20.0 Å². The van der Waals surface area contributed by atoms with Crippen molar-refractivity contribution < 1.29 is 5.11 Å². The molecule has 0 unspecified atom stereocenters. The van der Waals surface area contributed by atoms with Gasteiger partial charge in [0.2, 0.25) is 0 Å². The van der Waals surface area contributed by atoms with Crippen LogP contribution in [0.15, 0.2) is 18.3 Å². The van der Waals surface area contributed by atoms with Crippen LogP contribution in [0, 0.1) is 0 Å². The number of rotatable bonds is 0. The number of hydrogen-bond donors (Lipinski definition) is 1. The zero-order valence-corrected chi connectivity index (χ0v) is 4.97. The number of aromatic hydroxyl groups is 1. The van der Waals surface area contributed by atoms with E-state index in [-0.39, 0.29) is 5.75 Å². The van der Waals surface area contributed by atoms with Crippen molar-refractivity contribution in [3.8, 4) is 5.75 Å². The largest absolute Gasteiger partial charge is 0.506 e. The van der Waals surface area contributed by atoms with Crippen LogP contribution in [0.25, 0.3) is 5.65 Å². The van der Waals surface area contributed by atoms with Crippen LogP contribution in [0.4, 0.5) is 0 Å². The van der Waals surface area contributed by atoms with E-state index in [1.807, 2.05) is 0 Å². The summed E-state index contributed by atoms with van der Waals surface area (Å²) in [5.74, 6) is 0.153. The highest BCUT2D eigenvalue weighted by molar-refractivity contribution is 5.37. The lowest BCUT2D eigenvalue weighted by atomic mass is 10.4. The maximum atomic E-state index is 8.93. The van der Waals surface area contributed by atoms with Crippen LogP contribution in [-0.2, 0) is 0 Å². The quantitative estimate of drug-likeness (QED) is 0.546. The molecule has 2 rings (SSSR count). The van der Waals surface area contributed by atoms with Gasteiger partial charge < -0.3 is 5.11 Å². The first-order chi connectivity index (χ1) is 4.86. The summed E-state index contributed by atoms with van der Waals surface area (Å²) in [5, 5.41) is 19.6. The average Bonchev–Trinajstić information content (AvgIpc) is 2.33. The Hall–Kier alpha value is -1.65. The van der Waals surface area contributed by atoms with Crippen LogP contribution in [0.5, 0.6) is 5.75 Å². The first-order valence-corrected chi connectivity index (χ1v) is 2.73. The molecule has 0 spiro atoms. The summed E-state index contributed by atoms with van der Waals surface area (Å²) in [6.07, 6.45) is 1.44. The molecule has 0 saturated heterocycles. The monoisotopic (exact) mass is 136 g/mol. The van der Waals surface area contributed by atoms with Gasteiger partial charge in [0.1, 0.15) is 5.75 Å². The number of nitrogens with zero attached hydrogens (tertiary/aromatic N) is 4. The van der Waals surface area contributed by atoms with Gasteiger partial charge in [0.25, 0.3) is 0 Å². The predicted octanol–water partition coefficient (Wildman–Crippen LogP) is -0.170. The number of aromatic nitrogens is 4. The van der Waals surface area contributed by atoms with Crippen molar-refractivity contribution in [3.05, 3.63) is 18.3 Å². The summed E-state index contributed by atoms with van der Waals surface area (Å²) in [6, 6.07) is 3.17. The second-order valence-corrected chi connectivity index (χ2v) is 1.87. The predicted molar refractivity (Wildman–Crippen MR) is 32.4 cm³/mol. The molecule has 10 heavy (non-hydrogen) atoms. The number of pyridine rings is 1. The van der Waals surface area contributed by atoms with Crippen LogP contribution < -0.4 is 0 Å². The van der Waals surface area contributed by atoms with Gasteiger partial charge in [0.15, 0.2) is 5.65 Å². The van der Waals surface area contributed by atoms with Gasteiger partial charge in [-0.05, 0) is 22.6 Å². The molecule has 0 fully saturated rings. The van der Waals surface area contributed by atoms with Gasteiger partial charge in [0, 0.05) is 0 Å². The molecular formula is C5H4N4O. The molecule has 0 bridgehead atoms. The van der Waals surface area contributed by atoms with Crippen molar-refractivity contribution in [2.45, 2.75) is 0 Å². The molecule has 2 heterocycles. The Labute approximate surface area is 55.9 Å². The van der Waals surface area contributed by atoms with Crippen LogP contribution in [0.3, 0.4) is 0 Å². The fraction of sp³-hybridized carbons (Fsp3) is 0. The first-order valence-electron chi connectivity index (χ1n) is 2.73. The van der Waals surface area contributed by atoms with Crippen molar-refractivity contribution in [2.75, 3.05) is 0 Å². The third-order valence-corrected chi connectivity index (χ3v) is 1.18. The van der Waals surface area contributed by atoms with E-state index in [0.29, 0.717) is 5.65 Å². The van der Waals surface area contributed by atoms with Crippen LogP contribution >= 0.6 is 0 Å². The van der Waals surface area contributed by atoms with Crippen LogP contribution in [0.2, 0.25) is 0 Å². The standard InChI is InChI=1S/C5H4N4O/c10-4-1-2-5-6-7-8-9(5)3-4/h1-3,10H. The second-order valence-electron chi connectivity index (χ2n) is 1.87. The molecule has 2 aromatic rings. The summed E-state index contributed by atoms with van der Waals surface area (Å²) >= 11 is 0. The molecule has 2 aromatic heterocycles. The lowest BCUT2D eigenvalue weighted by Gasteiger charge is -1.88. The highest BCUT2D eigenvalue weighted by Gasteiger charge is 1.94. The Morgan fingerprint density at radius 2 is 2.30 bits per heavy atom. The van der Waals surface area contributed by atoms with Gasteiger partial charge in [0.05, 0.1) is 6.20 Å². The Morgan fingerprint density at radius 3 is 3.20 bits per heavy atom. The minimum absolute atomic E-state index is 0.153. The van der Waals surface area contributed by atoms with E-state index in [2.05, 4.69) is 15.5 Å². The molecule has 0 aliphatic rings. The van der Waals surface area contributed by atoms with E-state index in [1.54, 1.807) is 6.07 Å². The average molecular weight is 136 g/mol. The number of hydrogen-bond acceptors (Lipinski definition) is 4. The van der Waals surface area contributed by atoms with Crippen LogP contribution in [-0.4, -0.2) is 25.1 Å². The fourth-order valence-electron chi connectivity index (χ4n) is 0.730. The van der Waals surface area contributed by atoms with Gasteiger partial charge in [-0.15, -0.1) is 5.10 Å². The van der Waals surface area contributed by atoms with Gasteiger partial charge in [-0.25, -0.2) is 0 Å². The lowest BCUT2D eigenvalue weighted by Crippen LogP contribution is -1.84. The van der Waals surface area contributed by atoms with E-state index < -0.39 is 0 Å². The third-order valence-electron chi connectivity index (χ3n) is 1.18. The molecule has 0 aliphatic heterocycles. The maximum absolute atomic E-state index is 8.93. The molecule has 5 heteroatoms. The lowest BCUT2D eigenvalue weighted by molar-refractivity contribution is 0.470. The summed E-state index contributed by atoms with van der Waals surface area (Å²) in [5.41, 5.74) is 0.623. The number of tetrazole rings is 1. The SMILES string of the molecule is Oc1ccc2nnnn2c1. The maximum Gasteiger partial charge on any atom is 0.179 e. The van der Waals surface area contributed by atoms with E-state index in [9.17, 15) is 0 Å². The molecule has 0 aliphatic carbocycles. The Kier molecular flexibility index (Phi) is 0.858. The van der Waals surface area contributed by atoms with Gasteiger partial charge in [-0.2, -0.15) is 4.52 Å². The molecule has 0 atom stereocenters. The van der Waals surface area contributed by atoms with Crippen molar-refractivity contribution in [3.63, 3.8) is 0 Å². The Bertz CT molecular complexity index is 355.